The Morgan fingerprint density at radius 2 is 1.60 bits per heavy atom. The first-order valence-corrected chi connectivity index (χ1v) is 6.22. The number of morpholine rings is 1. The predicted molar refractivity (Wildman–Crippen MR) is 66.4 cm³/mol. The van der Waals surface area contributed by atoms with Gasteiger partial charge in [-0.15, -0.1) is 0 Å². The summed E-state index contributed by atoms with van der Waals surface area (Å²) in [6, 6.07) is 0. The molecule has 1 rings (SSSR count). The number of rotatable bonds is 4. The summed E-state index contributed by atoms with van der Waals surface area (Å²) in [7, 11) is 1.75. The summed E-state index contributed by atoms with van der Waals surface area (Å²) >= 11 is 0. The van der Waals surface area contributed by atoms with Crippen LogP contribution in [0, 0.1) is 0 Å². The van der Waals surface area contributed by atoms with Crippen molar-refractivity contribution >= 4 is 0 Å². The van der Waals surface area contributed by atoms with Crippen LogP contribution in [0.25, 0.3) is 0 Å². The minimum absolute atomic E-state index is 0.872. The summed E-state index contributed by atoms with van der Waals surface area (Å²) in [4.78, 5) is 2.42. The van der Waals surface area contributed by atoms with E-state index in [1.807, 2.05) is 27.7 Å². The van der Waals surface area contributed by atoms with Crippen molar-refractivity contribution in [3.8, 4) is 0 Å². The molecule has 0 aliphatic carbocycles. The molecular weight excluding hydrogens is 190 g/mol. The first-order valence-electron chi connectivity index (χ1n) is 6.22. The third-order valence-electron chi connectivity index (χ3n) is 1.93. The Labute approximate surface area is 95.7 Å². The highest BCUT2D eigenvalue weighted by atomic mass is 16.5. The normalized spacial score (nSPS) is 15.8. The van der Waals surface area contributed by atoms with Crippen molar-refractivity contribution in [2.75, 3.05) is 46.6 Å². The Bertz CT molecular complexity index is 93.6. The van der Waals surface area contributed by atoms with Crippen molar-refractivity contribution in [3.05, 3.63) is 0 Å². The molecule has 15 heavy (non-hydrogen) atoms. The number of nitrogens with zero attached hydrogens (tertiary/aromatic N) is 1. The largest absolute Gasteiger partial charge is 0.385 e. The van der Waals surface area contributed by atoms with Gasteiger partial charge in [-0.2, -0.15) is 0 Å². The minimum Gasteiger partial charge on any atom is -0.385 e. The molecule has 0 amide bonds. The zero-order valence-corrected chi connectivity index (χ0v) is 11.2. The van der Waals surface area contributed by atoms with Gasteiger partial charge in [0.2, 0.25) is 0 Å². The van der Waals surface area contributed by atoms with Crippen molar-refractivity contribution in [3.63, 3.8) is 0 Å². The van der Waals surface area contributed by atoms with Crippen LogP contribution in [0.1, 0.15) is 34.1 Å². The number of methoxy groups -OCH3 is 1. The molecule has 3 heteroatoms. The van der Waals surface area contributed by atoms with Crippen LogP contribution < -0.4 is 0 Å². The standard InChI is InChI=1S/C8H17NO2.2C2H6/c1-10-6-2-3-9-4-7-11-8-5-9;2*1-2/h2-8H2,1H3;2*1-2H3. The van der Waals surface area contributed by atoms with E-state index in [4.69, 9.17) is 9.47 Å². The Hall–Kier alpha value is -0.120. The topological polar surface area (TPSA) is 21.7 Å². The lowest BCUT2D eigenvalue weighted by Crippen LogP contribution is -2.37. The van der Waals surface area contributed by atoms with Crippen LogP contribution in [-0.4, -0.2) is 51.5 Å². The Morgan fingerprint density at radius 1 is 1.07 bits per heavy atom. The molecular formula is C12H29NO2. The molecule has 94 valence electrons. The van der Waals surface area contributed by atoms with Gasteiger partial charge in [0.15, 0.2) is 0 Å². The highest BCUT2D eigenvalue weighted by molar-refractivity contribution is 4.60. The predicted octanol–water partition coefficient (Wildman–Crippen LogP) is 2.41. The van der Waals surface area contributed by atoms with Crippen LogP contribution in [0.4, 0.5) is 0 Å². The molecule has 0 aromatic heterocycles. The van der Waals surface area contributed by atoms with Gasteiger partial charge in [0.1, 0.15) is 0 Å². The smallest absolute Gasteiger partial charge is 0.0594 e. The molecule has 1 aliphatic heterocycles. The fourth-order valence-corrected chi connectivity index (χ4v) is 1.26. The molecule has 0 saturated carbocycles. The SMILES string of the molecule is CC.CC.COCCCN1CCOCC1. The molecule has 1 heterocycles. The van der Waals surface area contributed by atoms with E-state index in [0.717, 1.165) is 45.9 Å². The molecule has 1 fully saturated rings. The third kappa shape index (κ3) is 11.8. The average Bonchev–Trinajstić information content (AvgIpc) is 2.36. The van der Waals surface area contributed by atoms with Crippen molar-refractivity contribution in [2.24, 2.45) is 0 Å². The maximum atomic E-state index is 5.23. The zero-order chi connectivity index (χ0) is 11.9. The maximum Gasteiger partial charge on any atom is 0.0594 e. The Kier molecular flexibility index (Phi) is 18.8. The van der Waals surface area contributed by atoms with E-state index in [2.05, 4.69) is 4.90 Å². The monoisotopic (exact) mass is 219 g/mol. The van der Waals surface area contributed by atoms with E-state index in [9.17, 15) is 0 Å². The molecule has 0 bridgehead atoms. The van der Waals surface area contributed by atoms with E-state index in [-0.39, 0.29) is 0 Å². The van der Waals surface area contributed by atoms with Crippen LogP contribution in [-0.2, 0) is 9.47 Å². The maximum absolute atomic E-state index is 5.23. The second-order valence-electron chi connectivity index (χ2n) is 2.80. The molecule has 3 nitrogen and oxygen atoms in total. The van der Waals surface area contributed by atoms with Crippen molar-refractivity contribution in [1.82, 2.24) is 4.90 Å². The second-order valence-corrected chi connectivity index (χ2v) is 2.80. The Balaban J connectivity index is 0. The van der Waals surface area contributed by atoms with Gasteiger partial charge in [0.25, 0.3) is 0 Å². The second kappa shape index (κ2) is 16.3. The van der Waals surface area contributed by atoms with Gasteiger partial charge >= 0.3 is 0 Å². The van der Waals surface area contributed by atoms with E-state index in [0.29, 0.717) is 0 Å². The molecule has 0 unspecified atom stereocenters. The quantitative estimate of drug-likeness (QED) is 0.678. The summed E-state index contributed by atoms with van der Waals surface area (Å²) < 4.78 is 10.2. The molecule has 1 saturated heterocycles. The molecule has 0 spiro atoms. The first kappa shape index (κ1) is 17.3. The Morgan fingerprint density at radius 3 is 2.07 bits per heavy atom. The summed E-state index contributed by atoms with van der Waals surface area (Å²) in [6.07, 6.45) is 1.14. The molecule has 0 aromatic rings. The van der Waals surface area contributed by atoms with Crippen molar-refractivity contribution in [2.45, 2.75) is 34.1 Å². The molecule has 0 aromatic carbocycles. The van der Waals surface area contributed by atoms with Gasteiger partial charge in [0, 0.05) is 33.4 Å². The highest BCUT2D eigenvalue weighted by Crippen LogP contribution is 1.97. The van der Waals surface area contributed by atoms with Crippen LogP contribution >= 0.6 is 0 Å². The highest BCUT2D eigenvalue weighted by Gasteiger charge is 2.08. The van der Waals surface area contributed by atoms with E-state index < -0.39 is 0 Å². The first-order chi connectivity index (χ1) is 7.43. The van der Waals surface area contributed by atoms with Crippen LogP contribution in [0.3, 0.4) is 0 Å². The lowest BCUT2D eigenvalue weighted by Gasteiger charge is -2.26. The molecule has 1 aliphatic rings. The number of hydrogen-bond donors (Lipinski definition) is 0. The molecule has 0 atom stereocenters. The lowest BCUT2D eigenvalue weighted by atomic mass is 10.3. The molecule has 0 radical (unpaired) electrons. The lowest BCUT2D eigenvalue weighted by molar-refractivity contribution is 0.0340. The summed E-state index contributed by atoms with van der Waals surface area (Å²) in [6.45, 7) is 14.0. The van der Waals surface area contributed by atoms with Gasteiger partial charge < -0.3 is 9.47 Å². The number of hydrogen-bond acceptors (Lipinski definition) is 3. The van der Waals surface area contributed by atoms with Crippen LogP contribution in [0.15, 0.2) is 0 Å². The van der Waals surface area contributed by atoms with E-state index >= 15 is 0 Å². The van der Waals surface area contributed by atoms with Crippen molar-refractivity contribution < 1.29 is 9.47 Å². The number of ether oxygens (including phenoxy) is 2. The van der Waals surface area contributed by atoms with Gasteiger partial charge in [-0.05, 0) is 6.42 Å². The van der Waals surface area contributed by atoms with Gasteiger partial charge in [-0.3, -0.25) is 4.90 Å². The summed E-state index contributed by atoms with van der Waals surface area (Å²) in [5.74, 6) is 0. The molecule has 0 N–H and O–H groups in total. The van der Waals surface area contributed by atoms with Crippen LogP contribution in [0.5, 0.6) is 0 Å². The average molecular weight is 219 g/mol. The van der Waals surface area contributed by atoms with Crippen molar-refractivity contribution in [1.29, 1.82) is 0 Å². The fraction of sp³-hybridized carbons (Fsp3) is 1.00. The van der Waals surface area contributed by atoms with Gasteiger partial charge in [-0.1, -0.05) is 27.7 Å². The zero-order valence-electron chi connectivity index (χ0n) is 11.2. The minimum atomic E-state index is 0.872. The van der Waals surface area contributed by atoms with E-state index in [1.54, 1.807) is 7.11 Å². The van der Waals surface area contributed by atoms with E-state index in [1.165, 1.54) is 0 Å². The third-order valence-corrected chi connectivity index (χ3v) is 1.93. The van der Waals surface area contributed by atoms with Crippen LogP contribution in [0.2, 0.25) is 0 Å². The van der Waals surface area contributed by atoms with Gasteiger partial charge in [-0.25, -0.2) is 0 Å². The summed E-state index contributed by atoms with van der Waals surface area (Å²) in [5, 5.41) is 0. The fourth-order valence-electron chi connectivity index (χ4n) is 1.26. The van der Waals surface area contributed by atoms with Gasteiger partial charge in [0.05, 0.1) is 13.2 Å². The summed E-state index contributed by atoms with van der Waals surface area (Å²) in [5.41, 5.74) is 0.